The van der Waals surface area contributed by atoms with Crippen molar-refractivity contribution in [2.24, 2.45) is 0 Å². The number of aryl methyl sites for hydroxylation is 2. The predicted molar refractivity (Wildman–Crippen MR) is 75.2 cm³/mol. The number of hydrogen-bond donors (Lipinski definition) is 0. The largest absolute Gasteiger partial charge is 0.243 e. The second-order valence-corrected chi connectivity index (χ2v) is 6.75. The minimum atomic E-state index is -3.54. The second-order valence-electron chi connectivity index (χ2n) is 4.89. The molecule has 0 bridgehead atoms. The molecule has 0 amide bonds. The number of sulfonamides is 1. The Labute approximate surface area is 115 Å². The van der Waals surface area contributed by atoms with Gasteiger partial charge < -0.3 is 0 Å². The number of benzene rings is 1. The van der Waals surface area contributed by atoms with Gasteiger partial charge in [0.1, 0.15) is 0 Å². The Morgan fingerprint density at radius 2 is 1.95 bits per heavy atom. The van der Waals surface area contributed by atoms with Crippen LogP contribution in [0, 0.1) is 25.2 Å². The number of hydrogen-bond acceptors (Lipinski definition) is 3. The van der Waals surface area contributed by atoms with E-state index in [1.165, 1.54) is 4.31 Å². The van der Waals surface area contributed by atoms with E-state index in [0.717, 1.165) is 11.1 Å². The van der Waals surface area contributed by atoms with Crippen LogP contribution in [0.3, 0.4) is 0 Å². The zero-order valence-electron chi connectivity index (χ0n) is 11.8. The van der Waals surface area contributed by atoms with E-state index in [2.05, 4.69) is 0 Å². The average Bonchev–Trinajstić information content (AvgIpc) is 2.32. The first-order chi connectivity index (χ1) is 8.80. The summed E-state index contributed by atoms with van der Waals surface area (Å²) in [6.45, 7) is 7.52. The second kappa shape index (κ2) is 6.18. The Balaban J connectivity index is 3.27. The van der Waals surface area contributed by atoms with Crippen molar-refractivity contribution in [1.82, 2.24) is 4.31 Å². The minimum absolute atomic E-state index is 0.168. The van der Waals surface area contributed by atoms with Gasteiger partial charge in [-0.15, -0.1) is 0 Å². The van der Waals surface area contributed by atoms with Gasteiger partial charge in [0.05, 0.1) is 11.0 Å². The van der Waals surface area contributed by atoms with Crippen LogP contribution in [0.2, 0.25) is 0 Å². The van der Waals surface area contributed by atoms with Crippen molar-refractivity contribution >= 4 is 10.0 Å². The van der Waals surface area contributed by atoms with E-state index in [-0.39, 0.29) is 19.0 Å². The highest BCUT2D eigenvalue weighted by molar-refractivity contribution is 7.89. The lowest BCUT2D eigenvalue weighted by molar-refractivity contribution is 0.360. The maximum Gasteiger partial charge on any atom is 0.243 e. The topological polar surface area (TPSA) is 61.2 Å². The van der Waals surface area contributed by atoms with Crippen molar-refractivity contribution in [3.05, 3.63) is 29.3 Å². The van der Waals surface area contributed by atoms with Crippen LogP contribution in [0.1, 0.15) is 31.4 Å². The summed E-state index contributed by atoms with van der Waals surface area (Å²) in [5.74, 6) is 0. The molecule has 0 radical (unpaired) electrons. The SMILES string of the molecule is Cc1ccc(C)c(S(=O)(=O)N(CCC#N)C(C)C)c1. The molecule has 0 aliphatic rings. The molecular weight excluding hydrogens is 260 g/mol. The lowest BCUT2D eigenvalue weighted by atomic mass is 10.2. The Hall–Kier alpha value is -1.38. The van der Waals surface area contributed by atoms with Gasteiger partial charge >= 0.3 is 0 Å². The molecule has 1 aromatic rings. The molecule has 0 N–H and O–H groups in total. The molecule has 0 unspecified atom stereocenters. The zero-order chi connectivity index (χ0) is 14.6. The summed E-state index contributed by atoms with van der Waals surface area (Å²) >= 11 is 0. The summed E-state index contributed by atoms with van der Waals surface area (Å²) < 4.78 is 26.7. The third-order valence-corrected chi connectivity index (χ3v) is 5.17. The molecule has 4 nitrogen and oxygen atoms in total. The van der Waals surface area contributed by atoms with Crippen LogP contribution in [0.15, 0.2) is 23.1 Å². The summed E-state index contributed by atoms with van der Waals surface area (Å²) in [7, 11) is -3.54. The predicted octanol–water partition coefficient (Wildman–Crippen LogP) is 2.62. The molecular formula is C14H20N2O2S. The fraction of sp³-hybridized carbons (Fsp3) is 0.500. The maximum atomic E-state index is 12.7. The molecule has 0 aliphatic heterocycles. The van der Waals surface area contributed by atoms with Gasteiger partial charge in [-0.3, -0.25) is 0 Å². The number of rotatable bonds is 5. The molecule has 1 aromatic carbocycles. The molecule has 0 saturated carbocycles. The van der Waals surface area contributed by atoms with Crippen molar-refractivity contribution in [3.63, 3.8) is 0 Å². The van der Waals surface area contributed by atoms with Crippen molar-refractivity contribution in [2.45, 2.75) is 45.1 Å². The van der Waals surface area contributed by atoms with Crippen LogP contribution in [0.25, 0.3) is 0 Å². The molecule has 0 saturated heterocycles. The molecule has 1 rings (SSSR count). The van der Waals surface area contributed by atoms with Crippen molar-refractivity contribution < 1.29 is 8.42 Å². The molecule has 5 heteroatoms. The molecule has 19 heavy (non-hydrogen) atoms. The van der Waals surface area contributed by atoms with Gasteiger partial charge in [-0.25, -0.2) is 8.42 Å². The summed E-state index contributed by atoms with van der Waals surface area (Å²) in [6.07, 6.45) is 0.197. The Bertz CT molecular complexity index is 586. The molecule has 0 spiro atoms. The first-order valence-electron chi connectivity index (χ1n) is 6.26. The molecule has 0 aromatic heterocycles. The van der Waals surface area contributed by atoms with Crippen LogP contribution in [-0.4, -0.2) is 25.3 Å². The van der Waals surface area contributed by atoms with E-state index in [1.807, 2.05) is 39.0 Å². The maximum absolute atomic E-state index is 12.7. The highest BCUT2D eigenvalue weighted by Crippen LogP contribution is 2.23. The van der Waals surface area contributed by atoms with Gasteiger partial charge in [0.25, 0.3) is 0 Å². The summed E-state index contributed by atoms with van der Waals surface area (Å²) in [5.41, 5.74) is 1.64. The molecule has 104 valence electrons. The smallest absolute Gasteiger partial charge is 0.207 e. The van der Waals surface area contributed by atoms with Gasteiger partial charge in [-0.05, 0) is 44.9 Å². The van der Waals surface area contributed by atoms with Crippen LogP contribution in [0.4, 0.5) is 0 Å². The number of nitriles is 1. The van der Waals surface area contributed by atoms with Crippen molar-refractivity contribution in [3.8, 4) is 6.07 Å². The van der Waals surface area contributed by atoms with Gasteiger partial charge in [-0.2, -0.15) is 9.57 Å². The summed E-state index contributed by atoms with van der Waals surface area (Å²) in [4.78, 5) is 0.333. The normalized spacial score (nSPS) is 11.8. The minimum Gasteiger partial charge on any atom is -0.207 e. The zero-order valence-corrected chi connectivity index (χ0v) is 12.7. The third kappa shape index (κ3) is 3.55. The van der Waals surface area contributed by atoms with Crippen LogP contribution in [0.5, 0.6) is 0 Å². The van der Waals surface area contributed by atoms with Crippen molar-refractivity contribution in [2.75, 3.05) is 6.54 Å². The highest BCUT2D eigenvalue weighted by atomic mass is 32.2. The van der Waals surface area contributed by atoms with Crippen LogP contribution < -0.4 is 0 Å². The van der Waals surface area contributed by atoms with E-state index in [0.29, 0.717) is 4.90 Å². The standard InChI is InChI=1S/C14H20N2O2S/c1-11(2)16(9-5-8-15)19(17,18)14-10-12(3)6-7-13(14)4/h6-7,10-11H,5,9H2,1-4H3. The lowest BCUT2D eigenvalue weighted by Gasteiger charge is -2.26. The number of nitrogens with zero attached hydrogens (tertiary/aromatic N) is 2. The Morgan fingerprint density at radius 1 is 1.32 bits per heavy atom. The molecule has 0 heterocycles. The van der Waals surface area contributed by atoms with Crippen LogP contribution in [-0.2, 0) is 10.0 Å². The molecule has 0 aliphatic carbocycles. The third-order valence-electron chi connectivity index (χ3n) is 2.95. The molecule has 0 fully saturated rings. The monoisotopic (exact) mass is 280 g/mol. The Morgan fingerprint density at radius 3 is 2.47 bits per heavy atom. The lowest BCUT2D eigenvalue weighted by Crippen LogP contribution is -2.37. The van der Waals surface area contributed by atoms with Crippen molar-refractivity contribution in [1.29, 1.82) is 5.26 Å². The molecule has 0 atom stereocenters. The van der Waals surface area contributed by atoms with E-state index < -0.39 is 10.0 Å². The van der Waals surface area contributed by atoms with E-state index >= 15 is 0 Å². The van der Waals surface area contributed by atoms with Crippen LogP contribution >= 0.6 is 0 Å². The average molecular weight is 280 g/mol. The quantitative estimate of drug-likeness (QED) is 0.833. The van der Waals surface area contributed by atoms with E-state index in [4.69, 9.17) is 5.26 Å². The van der Waals surface area contributed by atoms with E-state index in [9.17, 15) is 8.42 Å². The van der Waals surface area contributed by atoms with Gasteiger partial charge in [0.2, 0.25) is 10.0 Å². The first-order valence-corrected chi connectivity index (χ1v) is 7.70. The van der Waals surface area contributed by atoms with Gasteiger partial charge in [0.15, 0.2) is 0 Å². The first kappa shape index (κ1) is 15.7. The Kier molecular flexibility index (Phi) is 5.10. The summed E-state index contributed by atoms with van der Waals surface area (Å²) in [5, 5.41) is 8.66. The fourth-order valence-corrected chi connectivity index (χ4v) is 3.88. The highest BCUT2D eigenvalue weighted by Gasteiger charge is 2.27. The fourth-order valence-electron chi connectivity index (χ4n) is 1.93. The summed E-state index contributed by atoms with van der Waals surface area (Å²) in [6, 6.07) is 7.22. The van der Waals surface area contributed by atoms with Gasteiger partial charge in [0, 0.05) is 19.0 Å². The van der Waals surface area contributed by atoms with E-state index in [1.54, 1.807) is 13.0 Å². The van der Waals surface area contributed by atoms with Gasteiger partial charge in [-0.1, -0.05) is 12.1 Å².